The third-order valence-corrected chi connectivity index (χ3v) is 4.45. The second-order valence-electron chi connectivity index (χ2n) is 5.98. The number of benzene rings is 1. The Morgan fingerprint density at radius 3 is 2.60 bits per heavy atom. The predicted molar refractivity (Wildman–Crippen MR) is 87.1 cm³/mol. The van der Waals surface area contributed by atoms with Crippen LogP contribution in [0.4, 0.5) is 0 Å². The van der Waals surface area contributed by atoms with Crippen LogP contribution in [0.15, 0.2) is 22.7 Å². The van der Waals surface area contributed by atoms with E-state index in [1.807, 2.05) is 6.07 Å². The van der Waals surface area contributed by atoms with Crippen LogP contribution in [-0.2, 0) is 0 Å². The van der Waals surface area contributed by atoms with Crippen molar-refractivity contribution in [2.24, 2.45) is 5.92 Å². The molecule has 1 aromatic rings. The number of hydrogen-bond acceptors (Lipinski definition) is 3. The quantitative estimate of drug-likeness (QED) is 0.860. The summed E-state index contributed by atoms with van der Waals surface area (Å²) in [4.78, 5) is 2.50. The Morgan fingerprint density at radius 1 is 1.25 bits per heavy atom. The van der Waals surface area contributed by atoms with Gasteiger partial charge in [-0.15, -0.1) is 0 Å². The predicted octanol–water partition coefficient (Wildman–Crippen LogP) is 3.54. The molecule has 1 saturated heterocycles. The summed E-state index contributed by atoms with van der Waals surface area (Å²) >= 11 is 3.53. The molecular weight excluding hydrogens is 316 g/mol. The van der Waals surface area contributed by atoms with Gasteiger partial charge in [-0.1, -0.05) is 29.8 Å². The molecule has 0 saturated carbocycles. The zero-order chi connectivity index (χ0) is 14.5. The Bertz CT molecular complexity index is 430. The third-order valence-electron chi connectivity index (χ3n) is 3.96. The molecule has 112 valence electrons. The Kier molecular flexibility index (Phi) is 5.87. The van der Waals surface area contributed by atoms with E-state index >= 15 is 0 Å². The average molecular weight is 341 g/mol. The zero-order valence-corrected chi connectivity index (χ0v) is 14.0. The van der Waals surface area contributed by atoms with Gasteiger partial charge in [-0.05, 0) is 37.0 Å². The third kappa shape index (κ3) is 4.21. The number of piperazine rings is 1. The lowest BCUT2D eigenvalue weighted by molar-refractivity contribution is 0.157. The number of halogens is 1. The van der Waals surface area contributed by atoms with Crippen LogP contribution in [-0.4, -0.2) is 36.2 Å². The fraction of sp³-hybridized carbons (Fsp3) is 0.625. The van der Waals surface area contributed by atoms with Crippen molar-refractivity contribution in [3.63, 3.8) is 0 Å². The van der Waals surface area contributed by atoms with Crippen LogP contribution in [0.3, 0.4) is 0 Å². The van der Waals surface area contributed by atoms with Crippen LogP contribution in [0.5, 0.6) is 5.75 Å². The summed E-state index contributed by atoms with van der Waals surface area (Å²) in [7, 11) is 0. The Balaban J connectivity index is 2.21. The van der Waals surface area contributed by atoms with Crippen molar-refractivity contribution in [3.8, 4) is 5.75 Å². The summed E-state index contributed by atoms with van der Waals surface area (Å²) in [5.74, 6) is 1.11. The molecule has 0 aromatic heterocycles. The smallest absolute Gasteiger partial charge is 0.120 e. The number of phenolic OH excluding ortho intramolecular Hbond substituents is 1. The summed E-state index contributed by atoms with van der Waals surface area (Å²) in [5.41, 5.74) is 1.06. The molecule has 0 bridgehead atoms. The maximum absolute atomic E-state index is 10.2. The number of phenols is 1. The average Bonchev–Trinajstić information content (AvgIpc) is 2.43. The number of nitrogens with one attached hydrogen (secondary N) is 1. The molecule has 20 heavy (non-hydrogen) atoms. The first-order valence-electron chi connectivity index (χ1n) is 7.51. The topological polar surface area (TPSA) is 35.5 Å². The fourth-order valence-corrected chi connectivity index (χ4v) is 3.19. The summed E-state index contributed by atoms with van der Waals surface area (Å²) in [5, 5.41) is 13.6. The Morgan fingerprint density at radius 2 is 1.95 bits per heavy atom. The molecule has 1 aromatic carbocycles. The number of aromatic hydroxyl groups is 1. The molecule has 1 atom stereocenters. The fourth-order valence-electron chi connectivity index (χ4n) is 2.81. The van der Waals surface area contributed by atoms with E-state index in [2.05, 4.69) is 46.1 Å². The van der Waals surface area contributed by atoms with Gasteiger partial charge >= 0.3 is 0 Å². The Labute approximate surface area is 130 Å². The normalized spacial score (nSPS) is 18.4. The van der Waals surface area contributed by atoms with E-state index in [0.717, 1.165) is 42.6 Å². The largest absolute Gasteiger partial charge is 0.508 e. The lowest BCUT2D eigenvalue weighted by atomic mass is 9.95. The molecule has 2 rings (SSSR count). The second kappa shape index (κ2) is 7.43. The maximum atomic E-state index is 10.2. The standard InChI is InChI=1S/C16H25BrN2O/c1-12(2)3-5-15(19-9-7-18-8-10-19)14-11-13(17)4-6-16(14)20/h4,6,11-12,15,18,20H,3,5,7-10H2,1-2H3/t15-/m1/s1. The lowest BCUT2D eigenvalue weighted by Crippen LogP contribution is -2.45. The second-order valence-corrected chi connectivity index (χ2v) is 6.89. The molecule has 0 radical (unpaired) electrons. The van der Waals surface area contributed by atoms with E-state index < -0.39 is 0 Å². The number of rotatable bonds is 5. The molecule has 0 unspecified atom stereocenters. The van der Waals surface area contributed by atoms with E-state index in [0.29, 0.717) is 17.7 Å². The van der Waals surface area contributed by atoms with Gasteiger partial charge in [-0.3, -0.25) is 4.90 Å². The highest BCUT2D eigenvalue weighted by molar-refractivity contribution is 9.10. The molecule has 1 aliphatic heterocycles. The monoisotopic (exact) mass is 340 g/mol. The number of nitrogens with zero attached hydrogens (tertiary/aromatic N) is 1. The molecule has 2 N–H and O–H groups in total. The van der Waals surface area contributed by atoms with Crippen LogP contribution < -0.4 is 5.32 Å². The van der Waals surface area contributed by atoms with Crippen LogP contribution in [0.1, 0.15) is 38.3 Å². The van der Waals surface area contributed by atoms with Gasteiger partial charge in [0.15, 0.2) is 0 Å². The molecular formula is C16H25BrN2O. The molecule has 4 heteroatoms. The molecule has 1 aliphatic rings. The molecule has 0 spiro atoms. The lowest BCUT2D eigenvalue weighted by Gasteiger charge is -2.36. The van der Waals surface area contributed by atoms with Crippen molar-refractivity contribution in [2.75, 3.05) is 26.2 Å². The van der Waals surface area contributed by atoms with Gasteiger partial charge in [0.05, 0.1) is 0 Å². The molecule has 0 amide bonds. The minimum absolute atomic E-state index is 0.317. The van der Waals surface area contributed by atoms with Crippen molar-refractivity contribution < 1.29 is 5.11 Å². The first-order valence-corrected chi connectivity index (χ1v) is 8.30. The number of hydrogen-bond donors (Lipinski definition) is 2. The molecule has 1 fully saturated rings. The summed E-state index contributed by atoms with van der Waals surface area (Å²) < 4.78 is 1.04. The van der Waals surface area contributed by atoms with Gasteiger partial charge in [-0.25, -0.2) is 0 Å². The SMILES string of the molecule is CC(C)CC[C@H](c1cc(Br)ccc1O)N1CCNCC1. The van der Waals surface area contributed by atoms with Gasteiger partial charge < -0.3 is 10.4 Å². The highest BCUT2D eigenvalue weighted by Gasteiger charge is 2.24. The van der Waals surface area contributed by atoms with Crippen LogP contribution in [0, 0.1) is 5.92 Å². The molecule has 1 heterocycles. The van der Waals surface area contributed by atoms with Crippen LogP contribution >= 0.6 is 15.9 Å². The zero-order valence-electron chi connectivity index (χ0n) is 12.4. The first kappa shape index (κ1) is 15.8. The first-order chi connectivity index (χ1) is 9.58. The van der Waals surface area contributed by atoms with E-state index in [4.69, 9.17) is 0 Å². The summed E-state index contributed by atoms with van der Waals surface area (Å²) in [6.45, 7) is 8.69. The van der Waals surface area contributed by atoms with E-state index in [9.17, 15) is 5.11 Å². The van der Waals surface area contributed by atoms with Crippen molar-refractivity contribution in [2.45, 2.75) is 32.7 Å². The van der Waals surface area contributed by atoms with Gasteiger partial charge in [0.2, 0.25) is 0 Å². The highest BCUT2D eigenvalue weighted by atomic mass is 79.9. The highest BCUT2D eigenvalue weighted by Crippen LogP contribution is 2.35. The molecule has 3 nitrogen and oxygen atoms in total. The minimum atomic E-state index is 0.317. The van der Waals surface area contributed by atoms with E-state index in [-0.39, 0.29) is 0 Å². The maximum Gasteiger partial charge on any atom is 0.120 e. The summed E-state index contributed by atoms with van der Waals surface area (Å²) in [6, 6.07) is 6.08. The van der Waals surface area contributed by atoms with Crippen molar-refractivity contribution >= 4 is 15.9 Å². The van der Waals surface area contributed by atoms with E-state index in [1.165, 1.54) is 6.42 Å². The van der Waals surface area contributed by atoms with Crippen molar-refractivity contribution in [1.82, 2.24) is 10.2 Å². The van der Waals surface area contributed by atoms with Gasteiger partial charge in [0, 0.05) is 42.3 Å². The van der Waals surface area contributed by atoms with Crippen LogP contribution in [0.2, 0.25) is 0 Å². The Hall–Kier alpha value is -0.580. The van der Waals surface area contributed by atoms with Crippen molar-refractivity contribution in [3.05, 3.63) is 28.2 Å². The van der Waals surface area contributed by atoms with Gasteiger partial charge in [-0.2, -0.15) is 0 Å². The van der Waals surface area contributed by atoms with Gasteiger partial charge in [0.1, 0.15) is 5.75 Å². The van der Waals surface area contributed by atoms with Crippen LogP contribution in [0.25, 0.3) is 0 Å². The van der Waals surface area contributed by atoms with E-state index in [1.54, 1.807) is 6.07 Å². The molecule has 0 aliphatic carbocycles. The van der Waals surface area contributed by atoms with Gasteiger partial charge in [0.25, 0.3) is 0 Å². The van der Waals surface area contributed by atoms with Crippen molar-refractivity contribution in [1.29, 1.82) is 0 Å². The summed E-state index contributed by atoms with van der Waals surface area (Å²) in [6.07, 6.45) is 2.28. The minimum Gasteiger partial charge on any atom is -0.508 e.